The van der Waals surface area contributed by atoms with Crippen LogP contribution in [0, 0.1) is 5.92 Å². The average molecular weight is 506 g/mol. The number of nitrogens with zero attached hydrogens (tertiary/aromatic N) is 4. The third kappa shape index (κ3) is 5.68. The van der Waals surface area contributed by atoms with E-state index in [2.05, 4.69) is 25.3 Å². The van der Waals surface area contributed by atoms with Crippen molar-refractivity contribution in [3.8, 4) is 11.3 Å². The van der Waals surface area contributed by atoms with Gasteiger partial charge >= 0.3 is 6.18 Å². The van der Waals surface area contributed by atoms with Gasteiger partial charge in [0.15, 0.2) is 0 Å². The number of hydrogen-bond donors (Lipinski definition) is 5. The summed E-state index contributed by atoms with van der Waals surface area (Å²) in [5, 5.41) is 3.46. The zero-order valence-electron chi connectivity index (χ0n) is 19.7. The third-order valence-corrected chi connectivity index (χ3v) is 6.44. The number of piperidine rings is 1. The Hall–Kier alpha value is -3.45. The van der Waals surface area contributed by atoms with Gasteiger partial charge in [0.25, 0.3) is 0 Å². The van der Waals surface area contributed by atoms with Crippen molar-refractivity contribution < 1.29 is 18.0 Å². The van der Waals surface area contributed by atoms with E-state index in [4.69, 9.17) is 17.2 Å². The molecule has 4 rings (SSSR count). The van der Waals surface area contributed by atoms with Crippen molar-refractivity contribution in [1.29, 1.82) is 0 Å². The molecule has 0 radical (unpaired) electrons. The van der Waals surface area contributed by atoms with Gasteiger partial charge in [0.05, 0.1) is 23.5 Å². The molecule has 0 aromatic carbocycles. The van der Waals surface area contributed by atoms with Gasteiger partial charge in [-0.05, 0) is 44.2 Å². The number of nitrogens with one attached hydrogen (secondary N) is 2. The molecule has 4 heterocycles. The number of carbonyl (C=O) groups is 1. The van der Waals surface area contributed by atoms with Crippen molar-refractivity contribution in [2.45, 2.75) is 37.9 Å². The van der Waals surface area contributed by atoms with E-state index in [0.717, 1.165) is 31.5 Å². The number of likely N-dealkylation sites (tertiary alicyclic amines) is 1. The van der Waals surface area contributed by atoms with Gasteiger partial charge in [0.1, 0.15) is 11.3 Å². The second-order valence-corrected chi connectivity index (χ2v) is 9.00. The highest BCUT2D eigenvalue weighted by molar-refractivity contribution is 5.95. The molecule has 13 heteroatoms. The quantitative estimate of drug-likeness (QED) is 0.311. The highest BCUT2D eigenvalue weighted by Gasteiger charge is 2.32. The zero-order valence-corrected chi connectivity index (χ0v) is 19.7. The summed E-state index contributed by atoms with van der Waals surface area (Å²) in [6.45, 7) is 2.34. The molecule has 10 nitrogen and oxygen atoms in total. The fourth-order valence-corrected chi connectivity index (χ4v) is 4.34. The van der Waals surface area contributed by atoms with Gasteiger partial charge in [-0.2, -0.15) is 13.2 Å². The average Bonchev–Trinajstić information content (AvgIpc) is 3.29. The Bertz CT molecular complexity index is 1210. The number of nitrogens with two attached hydrogens (primary N) is 3. The standard InChI is InChI=1S/C23H30F3N9O/c24-23(25,26)14-8-15-16(11-31-20(15)30-10-14)19-18(29)12-33-22(34-19)32-9-13-3-6-35(7-4-13)21(36)17(28)2-1-5-27/h8,10-13,17H,1-7,9,27-29H2,(H,30,31)(H,32,33,34)/t17-/m1/s1. The molecule has 194 valence electrons. The fourth-order valence-electron chi connectivity index (χ4n) is 4.34. The second kappa shape index (κ2) is 10.7. The minimum atomic E-state index is -4.52. The monoisotopic (exact) mass is 505 g/mol. The van der Waals surface area contributed by atoms with E-state index in [1.54, 1.807) is 4.90 Å². The highest BCUT2D eigenvalue weighted by Crippen LogP contribution is 2.35. The van der Waals surface area contributed by atoms with E-state index < -0.39 is 17.8 Å². The van der Waals surface area contributed by atoms with Crippen molar-refractivity contribution in [2.75, 3.05) is 37.2 Å². The molecule has 0 saturated carbocycles. The maximum Gasteiger partial charge on any atom is 0.417 e. The first-order chi connectivity index (χ1) is 17.2. The number of fused-ring (bicyclic) bond motifs is 1. The Balaban J connectivity index is 1.41. The lowest BCUT2D eigenvalue weighted by Crippen LogP contribution is -2.47. The summed E-state index contributed by atoms with van der Waals surface area (Å²) in [4.78, 5) is 29.7. The van der Waals surface area contributed by atoms with Crippen LogP contribution in [0.5, 0.6) is 0 Å². The van der Waals surface area contributed by atoms with Crippen LogP contribution < -0.4 is 22.5 Å². The SMILES string of the molecule is NCCC[C@@H](N)C(=O)N1CCC(CNc2ncc(N)c(-c3c[nH]c4ncc(C(F)(F)F)cc34)n2)CC1. The number of aromatic amines is 1. The lowest BCUT2D eigenvalue weighted by atomic mass is 9.96. The van der Waals surface area contributed by atoms with Gasteiger partial charge in [-0.25, -0.2) is 15.0 Å². The molecule has 36 heavy (non-hydrogen) atoms. The normalized spacial score (nSPS) is 15.9. The van der Waals surface area contributed by atoms with E-state index in [1.165, 1.54) is 12.4 Å². The van der Waals surface area contributed by atoms with E-state index in [0.29, 0.717) is 61.4 Å². The van der Waals surface area contributed by atoms with Crippen LogP contribution in [0.2, 0.25) is 0 Å². The maximum absolute atomic E-state index is 13.2. The van der Waals surface area contributed by atoms with Crippen molar-refractivity contribution in [2.24, 2.45) is 17.4 Å². The maximum atomic E-state index is 13.2. The molecule has 3 aromatic rings. The molecule has 0 spiro atoms. The van der Waals surface area contributed by atoms with E-state index in [-0.39, 0.29) is 17.0 Å². The van der Waals surface area contributed by atoms with E-state index in [9.17, 15) is 18.0 Å². The molecule has 1 aliphatic rings. The van der Waals surface area contributed by atoms with E-state index >= 15 is 0 Å². The van der Waals surface area contributed by atoms with Crippen LogP contribution in [0.25, 0.3) is 22.3 Å². The predicted octanol–water partition coefficient (Wildman–Crippen LogP) is 2.34. The minimum absolute atomic E-state index is 0.0386. The van der Waals surface area contributed by atoms with E-state index in [1.807, 2.05) is 0 Å². The smallest absolute Gasteiger partial charge is 0.396 e. The summed E-state index contributed by atoms with van der Waals surface area (Å²) in [7, 11) is 0. The Labute approximate surface area is 205 Å². The van der Waals surface area contributed by atoms with Crippen LogP contribution in [0.4, 0.5) is 24.8 Å². The van der Waals surface area contributed by atoms with Crippen LogP contribution in [0.3, 0.4) is 0 Å². The number of halogens is 3. The molecule has 3 aromatic heterocycles. The molecule has 1 amide bonds. The number of aromatic nitrogens is 4. The first kappa shape index (κ1) is 25.6. The van der Waals surface area contributed by atoms with Crippen LogP contribution >= 0.6 is 0 Å². The summed E-state index contributed by atoms with van der Waals surface area (Å²) in [6.07, 6.45) is 2.13. The van der Waals surface area contributed by atoms with Crippen LogP contribution in [-0.2, 0) is 11.0 Å². The molecular formula is C23H30F3N9O. The lowest BCUT2D eigenvalue weighted by molar-refractivity contribution is -0.137. The molecule has 8 N–H and O–H groups in total. The molecule has 1 fully saturated rings. The predicted molar refractivity (Wildman–Crippen MR) is 131 cm³/mol. The summed E-state index contributed by atoms with van der Waals surface area (Å²) >= 11 is 0. The van der Waals surface area contributed by atoms with Gasteiger partial charge in [0, 0.05) is 43.0 Å². The summed E-state index contributed by atoms with van der Waals surface area (Å²) in [5.41, 5.74) is 17.9. The minimum Gasteiger partial charge on any atom is -0.396 e. The second-order valence-electron chi connectivity index (χ2n) is 9.00. The lowest BCUT2D eigenvalue weighted by Gasteiger charge is -2.33. The van der Waals surface area contributed by atoms with Gasteiger partial charge in [0.2, 0.25) is 11.9 Å². The number of carbonyl (C=O) groups excluding carboxylic acids is 1. The van der Waals surface area contributed by atoms with Gasteiger partial charge in [-0.1, -0.05) is 0 Å². The molecule has 0 aliphatic carbocycles. The van der Waals surface area contributed by atoms with Crippen molar-refractivity contribution in [1.82, 2.24) is 24.8 Å². The largest absolute Gasteiger partial charge is 0.417 e. The molecule has 1 atom stereocenters. The number of H-pyrrole nitrogens is 1. The Morgan fingerprint density at radius 2 is 2.00 bits per heavy atom. The molecule has 1 aliphatic heterocycles. The first-order valence-corrected chi connectivity index (χ1v) is 11.8. The number of nitrogen functional groups attached to an aromatic ring is 1. The zero-order chi connectivity index (χ0) is 25.9. The van der Waals surface area contributed by atoms with Crippen molar-refractivity contribution >= 4 is 28.6 Å². The number of pyridine rings is 1. The number of amides is 1. The highest BCUT2D eigenvalue weighted by atomic mass is 19.4. The van der Waals surface area contributed by atoms with Gasteiger partial charge in [-0.3, -0.25) is 4.79 Å². The van der Waals surface area contributed by atoms with Crippen LogP contribution in [0.15, 0.2) is 24.7 Å². The Kier molecular flexibility index (Phi) is 7.59. The van der Waals surface area contributed by atoms with Gasteiger partial charge in [-0.15, -0.1) is 0 Å². The van der Waals surface area contributed by atoms with Crippen LogP contribution in [-0.4, -0.2) is 63.0 Å². The summed E-state index contributed by atoms with van der Waals surface area (Å²) < 4.78 is 39.6. The summed E-state index contributed by atoms with van der Waals surface area (Å²) in [5.74, 6) is 0.574. The number of hydrogen-bond acceptors (Lipinski definition) is 8. The Morgan fingerprint density at radius 3 is 2.69 bits per heavy atom. The summed E-state index contributed by atoms with van der Waals surface area (Å²) in [6, 6.07) is 0.511. The molecule has 1 saturated heterocycles. The van der Waals surface area contributed by atoms with Crippen LogP contribution in [0.1, 0.15) is 31.2 Å². The first-order valence-electron chi connectivity index (χ1n) is 11.8. The number of rotatable bonds is 8. The number of alkyl halides is 3. The van der Waals surface area contributed by atoms with Crippen molar-refractivity contribution in [3.63, 3.8) is 0 Å². The topological polar surface area (TPSA) is 165 Å². The Morgan fingerprint density at radius 1 is 1.25 bits per heavy atom. The molecular weight excluding hydrogens is 475 g/mol. The fraction of sp³-hybridized carbons (Fsp3) is 0.478. The van der Waals surface area contributed by atoms with Gasteiger partial charge < -0.3 is 32.4 Å². The third-order valence-electron chi connectivity index (χ3n) is 6.44. The molecule has 0 unspecified atom stereocenters. The number of anilines is 2. The molecule has 0 bridgehead atoms. The van der Waals surface area contributed by atoms with Crippen molar-refractivity contribution in [3.05, 3.63) is 30.2 Å².